The standard InChI is InChI=1S/C22H19N3O3/c1-25-13-16(12-24)18-9-14(5-6-19(18)25)17(7-8-23)15-10-20(26-2)22(28-4)21(11-15)27-3/h5-7,9-11,13H,1-4H3/b17-7+. The quantitative estimate of drug-likeness (QED) is 0.631. The van der Waals surface area contributed by atoms with Gasteiger partial charge in [-0.1, -0.05) is 6.07 Å². The van der Waals surface area contributed by atoms with Crippen molar-refractivity contribution in [2.75, 3.05) is 21.3 Å². The zero-order valence-electron chi connectivity index (χ0n) is 16.1. The SMILES string of the molecule is COc1cc(/C(=C/C#N)c2ccc3c(c2)c(C#N)cn3C)cc(OC)c1OC. The number of rotatable bonds is 5. The van der Waals surface area contributed by atoms with Gasteiger partial charge >= 0.3 is 0 Å². The minimum Gasteiger partial charge on any atom is -0.493 e. The smallest absolute Gasteiger partial charge is 0.203 e. The van der Waals surface area contributed by atoms with Crippen LogP contribution in [0.2, 0.25) is 0 Å². The summed E-state index contributed by atoms with van der Waals surface area (Å²) in [6.07, 6.45) is 3.26. The van der Waals surface area contributed by atoms with E-state index in [1.807, 2.05) is 29.8 Å². The fourth-order valence-electron chi connectivity index (χ4n) is 3.28. The third-order valence-electron chi connectivity index (χ3n) is 4.61. The lowest BCUT2D eigenvalue weighted by Gasteiger charge is -2.16. The van der Waals surface area contributed by atoms with Gasteiger partial charge in [0.25, 0.3) is 0 Å². The lowest BCUT2D eigenvalue weighted by molar-refractivity contribution is 0.324. The van der Waals surface area contributed by atoms with Gasteiger partial charge in [-0.2, -0.15) is 10.5 Å². The number of hydrogen-bond donors (Lipinski definition) is 0. The number of aromatic nitrogens is 1. The number of nitrogens with zero attached hydrogens (tertiary/aromatic N) is 3. The van der Waals surface area contributed by atoms with Crippen molar-refractivity contribution in [1.29, 1.82) is 10.5 Å². The molecule has 0 spiro atoms. The Hall–Kier alpha value is -3.90. The average molecular weight is 373 g/mol. The first-order valence-electron chi connectivity index (χ1n) is 8.47. The molecule has 0 saturated carbocycles. The van der Waals surface area contributed by atoms with E-state index < -0.39 is 0 Å². The topological polar surface area (TPSA) is 80.2 Å². The van der Waals surface area contributed by atoms with Crippen LogP contribution >= 0.6 is 0 Å². The largest absolute Gasteiger partial charge is 0.493 e. The van der Waals surface area contributed by atoms with Gasteiger partial charge in [0.05, 0.1) is 33.0 Å². The van der Waals surface area contributed by atoms with Crippen LogP contribution in [0, 0.1) is 22.7 Å². The van der Waals surface area contributed by atoms with Crippen molar-refractivity contribution in [1.82, 2.24) is 4.57 Å². The summed E-state index contributed by atoms with van der Waals surface area (Å²) in [5.41, 5.74) is 3.77. The second kappa shape index (κ2) is 7.77. The summed E-state index contributed by atoms with van der Waals surface area (Å²) in [5.74, 6) is 1.48. The highest BCUT2D eigenvalue weighted by Crippen LogP contribution is 2.41. The molecule has 3 rings (SSSR count). The van der Waals surface area contributed by atoms with E-state index in [4.69, 9.17) is 14.2 Å². The first-order valence-corrected chi connectivity index (χ1v) is 8.47. The molecule has 1 heterocycles. The Morgan fingerprint density at radius 3 is 2.18 bits per heavy atom. The van der Waals surface area contributed by atoms with E-state index in [0.717, 1.165) is 22.0 Å². The maximum atomic E-state index is 9.42. The molecule has 6 nitrogen and oxygen atoms in total. The van der Waals surface area contributed by atoms with Crippen molar-refractivity contribution in [2.45, 2.75) is 0 Å². The van der Waals surface area contributed by atoms with Crippen molar-refractivity contribution < 1.29 is 14.2 Å². The van der Waals surface area contributed by atoms with Gasteiger partial charge in [-0.05, 0) is 41.0 Å². The third kappa shape index (κ3) is 3.13. The van der Waals surface area contributed by atoms with Crippen molar-refractivity contribution in [2.24, 2.45) is 7.05 Å². The summed E-state index contributed by atoms with van der Waals surface area (Å²) in [6, 6.07) is 13.7. The maximum absolute atomic E-state index is 9.42. The molecule has 0 aliphatic rings. The molecule has 6 heteroatoms. The van der Waals surface area contributed by atoms with Gasteiger partial charge in [-0.15, -0.1) is 0 Å². The number of nitriles is 2. The average Bonchev–Trinajstić information content (AvgIpc) is 3.05. The maximum Gasteiger partial charge on any atom is 0.203 e. The van der Waals surface area contributed by atoms with Gasteiger partial charge in [-0.3, -0.25) is 0 Å². The second-order valence-corrected chi connectivity index (χ2v) is 6.10. The molecule has 0 N–H and O–H groups in total. The molecule has 0 aliphatic carbocycles. The van der Waals surface area contributed by atoms with E-state index in [1.165, 1.54) is 6.08 Å². The summed E-state index contributed by atoms with van der Waals surface area (Å²) in [4.78, 5) is 0. The molecule has 140 valence electrons. The van der Waals surface area contributed by atoms with Crippen molar-refractivity contribution in [3.63, 3.8) is 0 Å². The molecular formula is C22H19N3O3. The zero-order chi connectivity index (χ0) is 20.3. The minimum absolute atomic E-state index is 0.482. The van der Waals surface area contributed by atoms with Crippen molar-refractivity contribution >= 4 is 16.5 Å². The van der Waals surface area contributed by atoms with Crippen LogP contribution in [0.1, 0.15) is 16.7 Å². The summed E-state index contributed by atoms with van der Waals surface area (Å²) in [5, 5.41) is 19.6. The number of ether oxygens (including phenoxy) is 3. The molecule has 28 heavy (non-hydrogen) atoms. The zero-order valence-corrected chi connectivity index (χ0v) is 16.1. The van der Waals surface area contributed by atoms with Gasteiger partial charge in [0.1, 0.15) is 6.07 Å². The minimum atomic E-state index is 0.482. The Kier molecular flexibility index (Phi) is 5.24. The number of allylic oxidation sites excluding steroid dienone is 1. The van der Waals surface area contributed by atoms with Gasteiger partial charge < -0.3 is 18.8 Å². The summed E-state index contributed by atoms with van der Waals surface area (Å²) in [7, 11) is 6.53. The van der Waals surface area contributed by atoms with Gasteiger partial charge in [0.15, 0.2) is 11.5 Å². The molecule has 0 fully saturated rings. The summed E-state index contributed by atoms with van der Waals surface area (Å²) < 4.78 is 18.1. The summed E-state index contributed by atoms with van der Waals surface area (Å²) >= 11 is 0. The first kappa shape index (κ1) is 18.9. The fraction of sp³-hybridized carbons (Fsp3) is 0.182. The van der Waals surface area contributed by atoms with Crippen LogP contribution in [0.25, 0.3) is 16.5 Å². The van der Waals surface area contributed by atoms with E-state index in [9.17, 15) is 10.5 Å². The van der Waals surface area contributed by atoms with Gasteiger partial charge in [-0.25, -0.2) is 0 Å². The van der Waals surface area contributed by atoms with Crippen molar-refractivity contribution in [3.8, 4) is 29.4 Å². The van der Waals surface area contributed by atoms with Crippen LogP contribution in [-0.4, -0.2) is 25.9 Å². The predicted octanol–water partition coefficient (Wildman–Crippen LogP) is 4.03. The Morgan fingerprint density at radius 2 is 1.64 bits per heavy atom. The second-order valence-electron chi connectivity index (χ2n) is 6.10. The third-order valence-corrected chi connectivity index (χ3v) is 4.61. The number of fused-ring (bicyclic) bond motifs is 1. The molecule has 1 aromatic heterocycles. The highest BCUT2D eigenvalue weighted by atomic mass is 16.5. The number of aryl methyl sites for hydroxylation is 1. The highest BCUT2D eigenvalue weighted by molar-refractivity contribution is 5.92. The number of methoxy groups -OCH3 is 3. The Morgan fingerprint density at radius 1 is 0.964 bits per heavy atom. The number of benzene rings is 2. The summed E-state index contributed by atoms with van der Waals surface area (Å²) in [6.45, 7) is 0. The molecule has 0 saturated heterocycles. The molecule has 0 bridgehead atoms. The predicted molar refractivity (Wildman–Crippen MR) is 106 cm³/mol. The molecule has 0 aliphatic heterocycles. The van der Waals surface area contributed by atoms with Crippen LogP contribution in [0.3, 0.4) is 0 Å². The molecule has 2 aromatic carbocycles. The molecule has 0 unspecified atom stereocenters. The highest BCUT2D eigenvalue weighted by Gasteiger charge is 2.17. The van der Waals surface area contributed by atoms with Gasteiger partial charge in [0, 0.05) is 30.2 Å². The van der Waals surface area contributed by atoms with Crippen molar-refractivity contribution in [3.05, 3.63) is 59.3 Å². The van der Waals surface area contributed by atoms with Crippen LogP contribution in [0.15, 0.2) is 42.6 Å². The van der Waals surface area contributed by atoms with E-state index in [2.05, 4.69) is 12.1 Å². The normalized spacial score (nSPS) is 11.0. The van der Waals surface area contributed by atoms with E-state index >= 15 is 0 Å². The molecule has 0 amide bonds. The van der Waals surface area contributed by atoms with E-state index in [1.54, 1.807) is 39.7 Å². The van der Waals surface area contributed by atoms with Gasteiger partial charge in [0.2, 0.25) is 5.75 Å². The molecule has 3 aromatic rings. The first-order chi connectivity index (χ1) is 13.6. The van der Waals surface area contributed by atoms with Crippen LogP contribution in [0.4, 0.5) is 0 Å². The molecule has 0 radical (unpaired) electrons. The van der Waals surface area contributed by atoms with Crippen LogP contribution < -0.4 is 14.2 Å². The van der Waals surface area contributed by atoms with E-state index in [0.29, 0.717) is 28.4 Å². The molecular weight excluding hydrogens is 354 g/mol. The Balaban J connectivity index is 2.24. The van der Waals surface area contributed by atoms with Crippen LogP contribution in [0.5, 0.6) is 17.2 Å². The lowest BCUT2D eigenvalue weighted by Crippen LogP contribution is -1.98. The Bertz CT molecular complexity index is 1140. The number of hydrogen-bond acceptors (Lipinski definition) is 5. The van der Waals surface area contributed by atoms with Crippen LogP contribution in [-0.2, 0) is 7.05 Å². The monoisotopic (exact) mass is 373 g/mol. The fourth-order valence-corrected chi connectivity index (χ4v) is 3.28. The Labute approximate surface area is 163 Å². The lowest BCUT2D eigenvalue weighted by atomic mass is 9.95. The van der Waals surface area contributed by atoms with E-state index in [-0.39, 0.29) is 0 Å². The molecule has 0 atom stereocenters.